The largest absolute Gasteiger partial charge is 0.498 e. The predicted octanol–water partition coefficient (Wildman–Crippen LogP) is 2.85. The molecule has 3 rings (SSSR count). The van der Waals surface area contributed by atoms with E-state index in [1.165, 1.54) is 5.56 Å². The van der Waals surface area contributed by atoms with Crippen molar-refractivity contribution in [2.75, 3.05) is 0 Å². The molecule has 0 unspecified atom stereocenters. The molecule has 1 aliphatic rings. The summed E-state index contributed by atoms with van der Waals surface area (Å²) in [5, 5.41) is 4.70. The van der Waals surface area contributed by atoms with Gasteiger partial charge in [-0.05, 0) is 47.1 Å². The summed E-state index contributed by atoms with van der Waals surface area (Å²) in [4.78, 5) is 0. The number of hydrogen-bond acceptors (Lipinski definition) is 3. The Labute approximate surface area is 138 Å². The zero-order valence-corrected chi connectivity index (χ0v) is 14.9. The Morgan fingerprint density at radius 1 is 1.00 bits per heavy atom. The number of benzene rings is 1. The average molecular weight is 312 g/mol. The molecule has 1 aromatic carbocycles. The van der Waals surface area contributed by atoms with Crippen LogP contribution in [-0.2, 0) is 15.9 Å². The molecule has 122 valence electrons. The Kier molecular flexibility index (Phi) is 3.89. The minimum atomic E-state index is -0.357. The second-order valence-electron chi connectivity index (χ2n) is 7.32. The summed E-state index contributed by atoms with van der Waals surface area (Å²) in [6, 6.07) is 10.4. The Bertz CT molecular complexity index is 691. The van der Waals surface area contributed by atoms with Crippen molar-refractivity contribution >= 4 is 12.6 Å². The lowest BCUT2D eigenvalue weighted by Gasteiger charge is -2.32. The first-order valence-corrected chi connectivity index (χ1v) is 8.15. The van der Waals surface area contributed by atoms with Crippen LogP contribution in [0, 0.1) is 13.8 Å². The second kappa shape index (κ2) is 5.50. The van der Waals surface area contributed by atoms with Gasteiger partial charge < -0.3 is 9.31 Å². The van der Waals surface area contributed by atoms with E-state index in [1.807, 2.05) is 17.7 Å². The van der Waals surface area contributed by atoms with Gasteiger partial charge in [0.15, 0.2) is 0 Å². The lowest BCUT2D eigenvalue weighted by atomic mass is 9.77. The molecule has 0 spiro atoms. The molecule has 1 saturated heterocycles. The topological polar surface area (TPSA) is 36.3 Å². The highest BCUT2D eigenvalue weighted by Gasteiger charge is 2.53. The fourth-order valence-corrected chi connectivity index (χ4v) is 2.92. The first kappa shape index (κ1) is 16.3. The third-order valence-electron chi connectivity index (χ3n) is 5.10. The van der Waals surface area contributed by atoms with Crippen molar-refractivity contribution in [2.24, 2.45) is 0 Å². The summed E-state index contributed by atoms with van der Waals surface area (Å²) in [5.41, 5.74) is 3.69. The molecule has 1 aliphatic heterocycles. The SMILES string of the molecule is Cc1nn(Cc2ccccc2)c(C)c1B1OC(C)(C)C(C)(C)O1. The van der Waals surface area contributed by atoms with Crippen molar-refractivity contribution in [1.29, 1.82) is 0 Å². The number of hydrogen-bond donors (Lipinski definition) is 0. The summed E-state index contributed by atoms with van der Waals surface area (Å²) in [6.07, 6.45) is 0. The maximum absolute atomic E-state index is 6.20. The third-order valence-corrected chi connectivity index (χ3v) is 5.10. The minimum Gasteiger partial charge on any atom is -0.399 e. The van der Waals surface area contributed by atoms with Crippen LogP contribution in [0.1, 0.15) is 44.6 Å². The molecule has 2 aromatic rings. The molecule has 0 amide bonds. The van der Waals surface area contributed by atoms with Crippen molar-refractivity contribution in [1.82, 2.24) is 9.78 Å². The molecule has 2 heterocycles. The molecular weight excluding hydrogens is 287 g/mol. The van der Waals surface area contributed by atoms with Gasteiger partial charge in [0.1, 0.15) is 0 Å². The number of nitrogens with zero attached hydrogens (tertiary/aromatic N) is 2. The van der Waals surface area contributed by atoms with Crippen molar-refractivity contribution in [3.8, 4) is 0 Å². The van der Waals surface area contributed by atoms with Crippen LogP contribution in [0.15, 0.2) is 30.3 Å². The van der Waals surface area contributed by atoms with Crippen LogP contribution in [0.3, 0.4) is 0 Å². The number of rotatable bonds is 3. The van der Waals surface area contributed by atoms with E-state index < -0.39 is 0 Å². The highest BCUT2D eigenvalue weighted by atomic mass is 16.7. The van der Waals surface area contributed by atoms with Crippen LogP contribution in [0.25, 0.3) is 0 Å². The monoisotopic (exact) mass is 312 g/mol. The van der Waals surface area contributed by atoms with Crippen LogP contribution < -0.4 is 5.46 Å². The number of aryl methyl sites for hydroxylation is 1. The molecule has 0 aliphatic carbocycles. The molecule has 0 atom stereocenters. The zero-order valence-electron chi connectivity index (χ0n) is 14.9. The third kappa shape index (κ3) is 2.84. The van der Waals surface area contributed by atoms with Gasteiger partial charge >= 0.3 is 7.12 Å². The molecule has 0 radical (unpaired) electrons. The molecular formula is C18H25BN2O2. The van der Waals surface area contributed by atoms with E-state index in [4.69, 9.17) is 14.4 Å². The summed E-state index contributed by atoms with van der Waals surface area (Å²) in [7, 11) is -0.357. The van der Waals surface area contributed by atoms with Crippen molar-refractivity contribution in [3.63, 3.8) is 0 Å². The summed E-state index contributed by atoms with van der Waals surface area (Å²) >= 11 is 0. The normalized spacial score (nSPS) is 19.3. The van der Waals surface area contributed by atoms with E-state index in [9.17, 15) is 0 Å². The molecule has 23 heavy (non-hydrogen) atoms. The molecule has 1 fully saturated rings. The fraction of sp³-hybridized carbons (Fsp3) is 0.500. The Morgan fingerprint density at radius 2 is 1.57 bits per heavy atom. The second-order valence-corrected chi connectivity index (χ2v) is 7.32. The summed E-state index contributed by atoms with van der Waals surface area (Å²) in [5.74, 6) is 0. The van der Waals surface area contributed by atoms with E-state index in [-0.39, 0.29) is 18.3 Å². The molecule has 1 aromatic heterocycles. The van der Waals surface area contributed by atoms with Gasteiger partial charge in [0.2, 0.25) is 0 Å². The minimum absolute atomic E-state index is 0.335. The zero-order chi connectivity index (χ0) is 16.8. The molecule has 4 nitrogen and oxygen atoms in total. The molecule has 5 heteroatoms. The lowest BCUT2D eigenvalue weighted by molar-refractivity contribution is 0.00578. The van der Waals surface area contributed by atoms with Gasteiger partial charge in [-0.15, -0.1) is 0 Å². The molecule has 0 saturated carbocycles. The summed E-state index contributed by atoms with van der Waals surface area (Å²) in [6.45, 7) is 13.2. The molecule has 0 bridgehead atoms. The predicted molar refractivity (Wildman–Crippen MR) is 93.0 cm³/mol. The van der Waals surface area contributed by atoms with Gasteiger partial charge in [-0.2, -0.15) is 5.10 Å². The Hall–Kier alpha value is -1.59. The van der Waals surface area contributed by atoms with Crippen molar-refractivity contribution < 1.29 is 9.31 Å². The van der Waals surface area contributed by atoms with Crippen LogP contribution >= 0.6 is 0 Å². The fourth-order valence-electron chi connectivity index (χ4n) is 2.92. The van der Waals surface area contributed by atoms with E-state index in [0.29, 0.717) is 0 Å². The van der Waals surface area contributed by atoms with Crippen molar-refractivity contribution in [2.45, 2.75) is 59.3 Å². The van der Waals surface area contributed by atoms with Crippen LogP contribution in [0.4, 0.5) is 0 Å². The van der Waals surface area contributed by atoms with Crippen LogP contribution in [-0.4, -0.2) is 28.1 Å². The maximum atomic E-state index is 6.20. The first-order chi connectivity index (χ1) is 10.7. The van der Waals surface area contributed by atoms with Gasteiger partial charge in [0.25, 0.3) is 0 Å². The summed E-state index contributed by atoms with van der Waals surface area (Å²) < 4.78 is 14.4. The quantitative estimate of drug-likeness (QED) is 0.818. The van der Waals surface area contributed by atoms with Crippen LogP contribution in [0.5, 0.6) is 0 Å². The standard InChI is InChI=1S/C18H25BN2O2/c1-13-16(19-22-17(3,4)18(5,6)23-19)14(2)21(20-13)12-15-10-8-7-9-11-15/h7-11H,12H2,1-6H3. The Morgan fingerprint density at radius 3 is 2.13 bits per heavy atom. The van der Waals surface area contributed by atoms with Gasteiger partial charge in [0, 0.05) is 11.2 Å². The Balaban J connectivity index is 1.90. The van der Waals surface area contributed by atoms with E-state index >= 15 is 0 Å². The smallest absolute Gasteiger partial charge is 0.399 e. The first-order valence-electron chi connectivity index (χ1n) is 8.15. The number of aromatic nitrogens is 2. The van der Waals surface area contributed by atoms with Crippen LogP contribution in [0.2, 0.25) is 0 Å². The highest BCUT2D eigenvalue weighted by Crippen LogP contribution is 2.36. The maximum Gasteiger partial charge on any atom is 0.498 e. The van der Waals surface area contributed by atoms with E-state index in [2.05, 4.69) is 58.9 Å². The van der Waals surface area contributed by atoms with E-state index in [0.717, 1.165) is 23.4 Å². The van der Waals surface area contributed by atoms with Gasteiger partial charge in [-0.1, -0.05) is 30.3 Å². The van der Waals surface area contributed by atoms with Crippen molar-refractivity contribution in [3.05, 3.63) is 47.3 Å². The van der Waals surface area contributed by atoms with E-state index in [1.54, 1.807) is 0 Å². The van der Waals surface area contributed by atoms with Gasteiger partial charge in [0.05, 0.1) is 23.4 Å². The highest BCUT2D eigenvalue weighted by molar-refractivity contribution is 6.63. The van der Waals surface area contributed by atoms with Gasteiger partial charge in [-0.25, -0.2) is 0 Å². The lowest BCUT2D eigenvalue weighted by Crippen LogP contribution is -2.41. The average Bonchev–Trinajstić information content (AvgIpc) is 2.84. The van der Waals surface area contributed by atoms with Gasteiger partial charge in [-0.3, -0.25) is 4.68 Å². The molecule has 0 N–H and O–H groups in total.